The topological polar surface area (TPSA) is 15.3 Å². The smallest absolute Gasteiger partial charge is 0.0126 e. The van der Waals surface area contributed by atoms with Gasteiger partial charge in [-0.3, -0.25) is 4.90 Å². The molecule has 0 amide bonds. The van der Waals surface area contributed by atoms with Gasteiger partial charge in [-0.15, -0.1) is 0 Å². The molecule has 2 saturated heterocycles. The normalized spacial score (nSPS) is 47.4. The highest BCUT2D eigenvalue weighted by molar-refractivity contribution is 4.99. The monoisotopic (exact) mass is 222 g/mol. The molecule has 0 spiro atoms. The molecule has 0 aromatic rings. The molecule has 0 bridgehead atoms. The molecule has 2 nitrogen and oxygen atoms in total. The van der Waals surface area contributed by atoms with Crippen molar-refractivity contribution in [2.45, 2.75) is 39.7 Å². The number of nitrogens with zero attached hydrogens (tertiary/aromatic N) is 1. The molecule has 1 saturated carbocycles. The summed E-state index contributed by atoms with van der Waals surface area (Å²) >= 11 is 0. The number of nitrogens with one attached hydrogen (secondary N) is 1. The molecule has 92 valence electrons. The molecular formula is C14H26N2. The summed E-state index contributed by atoms with van der Waals surface area (Å²) in [5, 5.41) is 3.54. The summed E-state index contributed by atoms with van der Waals surface area (Å²) < 4.78 is 0. The van der Waals surface area contributed by atoms with Gasteiger partial charge in [-0.1, -0.05) is 20.8 Å². The Labute approximate surface area is 99.8 Å². The van der Waals surface area contributed by atoms with Gasteiger partial charge in [-0.2, -0.15) is 0 Å². The van der Waals surface area contributed by atoms with E-state index in [0.717, 1.165) is 23.8 Å². The first-order valence-corrected chi connectivity index (χ1v) is 7.00. The van der Waals surface area contributed by atoms with Gasteiger partial charge < -0.3 is 5.32 Å². The van der Waals surface area contributed by atoms with Crippen LogP contribution in [0.15, 0.2) is 0 Å². The Kier molecular flexibility index (Phi) is 2.56. The molecular weight excluding hydrogens is 196 g/mol. The van der Waals surface area contributed by atoms with Crippen molar-refractivity contribution in [3.63, 3.8) is 0 Å². The van der Waals surface area contributed by atoms with Crippen molar-refractivity contribution in [1.29, 1.82) is 0 Å². The highest BCUT2D eigenvalue weighted by Gasteiger charge is 2.45. The van der Waals surface area contributed by atoms with Crippen LogP contribution in [0.1, 0.15) is 33.6 Å². The number of hydrogen-bond donors (Lipinski definition) is 1. The third-order valence-electron chi connectivity index (χ3n) is 5.18. The number of rotatable bonds is 1. The Hall–Kier alpha value is -0.0800. The Balaban J connectivity index is 1.66. The Morgan fingerprint density at radius 3 is 2.19 bits per heavy atom. The van der Waals surface area contributed by atoms with Gasteiger partial charge in [0.1, 0.15) is 0 Å². The zero-order chi connectivity index (χ0) is 11.3. The lowest BCUT2D eigenvalue weighted by Crippen LogP contribution is -2.37. The van der Waals surface area contributed by atoms with E-state index in [1.165, 1.54) is 39.0 Å². The maximum Gasteiger partial charge on any atom is 0.0126 e. The fraction of sp³-hybridized carbons (Fsp3) is 1.00. The summed E-state index contributed by atoms with van der Waals surface area (Å²) in [6.07, 6.45) is 2.84. The van der Waals surface area contributed by atoms with Crippen molar-refractivity contribution in [2.24, 2.45) is 23.2 Å². The van der Waals surface area contributed by atoms with Crippen LogP contribution in [0.4, 0.5) is 0 Å². The summed E-state index contributed by atoms with van der Waals surface area (Å²) in [4.78, 5) is 2.82. The lowest BCUT2D eigenvalue weighted by atomic mass is 9.91. The molecule has 2 aliphatic heterocycles. The Bertz CT molecular complexity index is 262. The largest absolute Gasteiger partial charge is 0.316 e. The molecule has 4 atom stereocenters. The summed E-state index contributed by atoms with van der Waals surface area (Å²) in [6, 6.07) is 0.876. The predicted molar refractivity (Wildman–Crippen MR) is 67.4 cm³/mol. The van der Waals surface area contributed by atoms with Crippen molar-refractivity contribution in [1.82, 2.24) is 10.2 Å². The van der Waals surface area contributed by atoms with Crippen LogP contribution >= 0.6 is 0 Å². The van der Waals surface area contributed by atoms with Crippen LogP contribution in [0.2, 0.25) is 0 Å². The number of hydrogen-bond acceptors (Lipinski definition) is 2. The highest BCUT2D eigenvalue weighted by atomic mass is 15.2. The van der Waals surface area contributed by atoms with Crippen LogP contribution in [0.25, 0.3) is 0 Å². The van der Waals surface area contributed by atoms with Crippen LogP contribution < -0.4 is 5.32 Å². The molecule has 0 aromatic heterocycles. The SMILES string of the molecule is CC1CC(C)(C)CC1N1C[C@H]2CNC[C@H]2C1. The summed E-state index contributed by atoms with van der Waals surface area (Å²) in [5.74, 6) is 2.81. The van der Waals surface area contributed by atoms with Crippen LogP contribution in [-0.2, 0) is 0 Å². The van der Waals surface area contributed by atoms with Gasteiger partial charge in [-0.25, -0.2) is 0 Å². The third kappa shape index (κ3) is 1.80. The quantitative estimate of drug-likeness (QED) is 0.729. The van der Waals surface area contributed by atoms with E-state index in [2.05, 4.69) is 31.0 Å². The molecule has 3 rings (SSSR count). The molecule has 0 aromatic carbocycles. The first-order valence-electron chi connectivity index (χ1n) is 7.00. The fourth-order valence-corrected chi connectivity index (χ4v) is 4.51. The minimum absolute atomic E-state index is 0.583. The zero-order valence-electron chi connectivity index (χ0n) is 11.0. The Morgan fingerprint density at radius 1 is 1.06 bits per heavy atom. The van der Waals surface area contributed by atoms with Crippen LogP contribution in [0.3, 0.4) is 0 Å². The van der Waals surface area contributed by atoms with Crippen LogP contribution in [0, 0.1) is 23.2 Å². The van der Waals surface area contributed by atoms with Crippen molar-refractivity contribution >= 4 is 0 Å². The van der Waals surface area contributed by atoms with E-state index in [4.69, 9.17) is 0 Å². The predicted octanol–water partition coefficient (Wildman–Crippen LogP) is 1.96. The molecule has 0 radical (unpaired) electrons. The van der Waals surface area contributed by atoms with Crippen LogP contribution in [-0.4, -0.2) is 37.1 Å². The molecule has 2 heteroatoms. The molecule has 16 heavy (non-hydrogen) atoms. The first-order chi connectivity index (χ1) is 7.55. The maximum atomic E-state index is 3.54. The summed E-state index contributed by atoms with van der Waals surface area (Å²) in [6.45, 7) is 12.6. The van der Waals surface area contributed by atoms with E-state index < -0.39 is 0 Å². The van der Waals surface area contributed by atoms with E-state index in [-0.39, 0.29) is 0 Å². The molecule has 3 aliphatic rings. The van der Waals surface area contributed by atoms with Crippen molar-refractivity contribution in [3.05, 3.63) is 0 Å². The lowest BCUT2D eigenvalue weighted by Gasteiger charge is -2.28. The van der Waals surface area contributed by atoms with E-state index in [9.17, 15) is 0 Å². The van der Waals surface area contributed by atoms with Gasteiger partial charge in [-0.05, 0) is 49.1 Å². The molecule has 1 aliphatic carbocycles. The Morgan fingerprint density at radius 2 is 1.69 bits per heavy atom. The van der Waals surface area contributed by atoms with E-state index in [0.29, 0.717) is 5.41 Å². The third-order valence-corrected chi connectivity index (χ3v) is 5.18. The first kappa shape index (κ1) is 11.0. The van der Waals surface area contributed by atoms with Gasteiger partial charge in [0.25, 0.3) is 0 Å². The van der Waals surface area contributed by atoms with Crippen LogP contribution in [0.5, 0.6) is 0 Å². The van der Waals surface area contributed by atoms with Crippen molar-refractivity contribution in [3.8, 4) is 0 Å². The number of likely N-dealkylation sites (tertiary alicyclic amines) is 1. The van der Waals surface area contributed by atoms with Crippen molar-refractivity contribution < 1.29 is 0 Å². The highest BCUT2D eigenvalue weighted by Crippen LogP contribution is 2.45. The summed E-state index contributed by atoms with van der Waals surface area (Å²) in [7, 11) is 0. The second-order valence-corrected chi connectivity index (χ2v) is 7.25. The standard InChI is InChI=1S/C14H26N2/c1-10-4-14(2,3)5-13(10)16-8-11-6-15-7-12(11)9-16/h10-13,15H,4-9H2,1-3H3/t10?,11-,12+,13?. The van der Waals surface area contributed by atoms with Gasteiger partial charge in [0.15, 0.2) is 0 Å². The van der Waals surface area contributed by atoms with Crippen molar-refractivity contribution in [2.75, 3.05) is 26.2 Å². The molecule has 1 N–H and O–H groups in total. The van der Waals surface area contributed by atoms with E-state index >= 15 is 0 Å². The van der Waals surface area contributed by atoms with E-state index in [1.807, 2.05) is 0 Å². The zero-order valence-corrected chi connectivity index (χ0v) is 11.0. The second-order valence-electron chi connectivity index (χ2n) is 7.25. The van der Waals surface area contributed by atoms with Gasteiger partial charge in [0.05, 0.1) is 0 Å². The van der Waals surface area contributed by atoms with Gasteiger partial charge in [0, 0.05) is 19.1 Å². The lowest BCUT2D eigenvalue weighted by molar-refractivity contribution is 0.186. The van der Waals surface area contributed by atoms with Gasteiger partial charge >= 0.3 is 0 Å². The summed E-state index contributed by atoms with van der Waals surface area (Å²) in [5.41, 5.74) is 0.583. The average Bonchev–Trinajstić information content (AvgIpc) is 2.76. The fourth-order valence-electron chi connectivity index (χ4n) is 4.51. The van der Waals surface area contributed by atoms with E-state index in [1.54, 1.807) is 0 Å². The average molecular weight is 222 g/mol. The van der Waals surface area contributed by atoms with Gasteiger partial charge in [0.2, 0.25) is 0 Å². The second kappa shape index (κ2) is 3.71. The minimum atomic E-state index is 0.583. The minimum Gasteiger partial charge on any atom is -0.316 e. The maximum absolute atomic E-state index is 3.54. The molecule has 2 unspecified atom stereocenters. The molecule has 3 fully saturated rings. The number of fused-ring (bicyclic) bond motifs is 1. The molecule has 2 heterocycles.